The second-order valence-corrected chi connectivity index (χ2v) is 4.19. The molecule has 0 aromatic heterocycles. The summed E-state index contributed by atoms with van der Waals surface area (Å²) in [6, 6.07) is 11.6. The molecule has 1 nitrogen and oxygen atoms in total. The van der Waals surface area contributed by atoms with Gasteiger partial charge in [0, 0.05) is 12.1 Å². The molecule has 1 aliphatic heterocycles. The Morgan fingerprint density at radius 1 is 1.21 bits per heavy atom. The molecule has 1 heterocycles. The molecular weight excluding hydrogens is 170 g/mol. The first-order valence-electron chi connectivity index (χ1n) is 5.23. The van der Waals surface area contributed by atoms with Crippen LogP contribution in [-0.4, -0.2) is 6.04 Å². The first-order chi connectivity index (χ1) is 6.75. The smallest absolute Gasteiger partial charge is 0.0359 e. The summed E-state index contributed by atoms with van der Waals surface area (Å²) in [5.41, 5.74) is 2.74. The van der Waals surface area contributed by atoms with Crippen LogP contribution in [0, 0.1) is 0 Å². The van der Waals surface area contributed by atoms with E-state index in [0.717, 1.165) is 12.8 Å². The van der Waals surface area contributed by atoms with Crippen LogP contribution in [0.5, 0.6) is 0 Å². The van der Waals surface area contributed by atoms with Crippen molar-refractivity contribution in [2.45, 2.75) is 31.8 Å². The van der Waals surface area contributed by atoms with E-state index in [1.807, 2.05) is 0 Å². The number of benzene rings is 1. The maximum atomic E-state index is 4.10. The first kappa shape index (κ1) is 9.47. The van der Waals surface area contributed by atoms with Gasteiger partial charge in [-0.15, -0.1) is 0 Å². The Balaban J connectivity index is 2.15. The van der Waals surface area contributed by atoms with Crippen molar-refractivity contribution >= 4 is 0 Å². The predicted molar refractivity (Wildman–Crippen MR) is 60.2 cm³/mol. The molecule has 1 fully saturated rings. The Morgan fingerprint density at radius 2 is 1.93 bits per heavy atom. The van der Waals surface area contributed by atoms with Crippen LogP contribution in [0.4, 0.5) is 0 Å². The third kappa shape index (κ3) is 2.05. The zero-order valence-electron chi connectivity index (χ0n) is 8.66. The third-order valence-corrected chi connectivity index (χ3v) is 2.78. The van der Waals surface area contributed by atoms with Crippen molar-refractivity contribution in [1.82, 2.24) is 5.32 Å². The second-order valence-electron chi connectivity index (χ2n) is 4.19. The normalized spacial score (nSPS) is 27.6. The van der Waals surface area contributed by atoms with E-state index in [1.165, 1.54) is 11.1 Å². The van der Waals surface area contributed by atoms with Crippen molar-refractivity contribution in [3.8, 4) is 0 Å². The molecule has 1 heteroatoms. The highest BCUT2D eigenvalue weighted by molar-refractivity contribution is 5.22. The molecule has 2 rings (SSSR count). The minimum atomic E-state index is 0.465. The molecule has 0 unspecified atom stereocenters. The van der Waals surface area contributed by atoms with Crippen LogP contribution < -0.4 is 5.32 Å². The molecule has 0 aliphatic carbocycles. The van der Waals surface area contributed by atoms with Gasteiger partial charge < -0.3 is 5.32 Å². The van der Waals surface area contributed by atoms with E-state index in [9.17, 15) is 0 Å². The monoisotopic (exact) mass is 187 g/mol. The Morgan fingerprint density at radius 3 is 2.57 bits per heavy atom. The summed E-state index contributed by atoms with van der Waals surface area (Å²) in [6.45, 7) is 6.32. The van der Waals surface area contributed by atoms with Crippen molar-refractivity contribution in [2.75, 3.05) is 0 Å². The minimum Gasteiger partial charge on any atom is -0.307 e. The van der Waals surface area contributed by atoms with Gasteiger partial charge in [0.15, 0.2) is 0 Å². The fraction of sp³-hybridized carbons (Fsp3) is 0.385. The van der Waals surface area contributed by atoms with Gasteiger partial charge in [-0.05, 0) is 25.3 Å². The molecule has 0 radical (unpaired) electrons. The minimum absolute atomic E-state index is 0.465. The van der Waals surface area contributed by atoms with Crippen LogP contribution in [0.2, 0.25) is 0 Å². The van der Waals surface area contributed by atoms with E-state index in [1.54, 1.807) is 0 Å². The van der Waals surface area contributed by atoms with Crippen LogP contribution in [0.25, 0.3) is 0 Å². The average molecular weight is 187 g/mol. The van der Waals surface area contributed by atoms with E-state index < -0.39 is 0 Å². The van der Waals surface area contributed by atoms with Crippen LogP contribution >= 0.6 is 0 Å². The van der Waals surface area contributed by atoms with Gasteiger partial charge in [0.05, 0.1) is 0 Å². The second kappa shape index (κ2) is 3.97. The number of nitrogens with one attached hydrogen (secondary N) is 1. The standard InChI is InChI=1S/C13H17N/c1-10-8-11(2)14-13(9-10)12-6-4-3-5-7-12/h3-7,11,13-14H,1,8-9H2,2H3/t11-,13-/m1/s1. The quantitative estimate of drug-likeness (QED) is 0.666. The summed E-state index contributed by atoms with van der Waals surface area (Å²) in [5, 5.41) is 3.60. The number of rotatable bonds is 1. The fourth-order valence-corrected chi connectivity index (χ4v) is 2.17. The lowest BCUT2D eigenvalue weighted by molar-refractivity contribution is 0.400. The van der Waals surface area contributed by atoms with Gasteiger partial charge in [-0.3, -0.25) is 0 Å². The van der Waals surface area contributed by atoms with Crippen molar-refractivity contribution < 1.29 is 0 Å². The highest BCUT2D eigenvalue weighted by Gasteiger charge is 2.20. The van der Waals surface area contributed by atoms with Crippen LogP contribution in [0.15, 0.2) is 42.5 Å². The summed E-state index contributed by atoms with van der Waals surface area (Å²) in [7, 11) is 0. The zero-order valence-corrected chi connectivity index (χ0v) is 8.66. The summed E-state index contributed by atoms with van der Waals surface area (Å²) in [5.74, 6) is 0. The molecule has 1 saturated heterocycles. The van der Waals surface area contributed by atoms with Gasteiger partial charge in [0.2, 0.25) is 0 Å². The summed E-state index contributed by atoms with van der Waals surface area (Å²) >= 11 is 0. The lowest BCUT2D eigenvalue weighted by Gasteiger charge is -2.30. The van der Waals surface area contributed by atoms with Crippen LogP contribution in [0.3, 0.4) is 0 Å². The number of piperidine rings is 1. The highest BCUT2D eigenvalue weighted by atomic mass is 15.0. The Hall–Kier alpha value is -1.08. The molecule has 1 aromatic rings. The van der Waals surface area contributed by atoms with E-state index >= 15 is 0 Å². The maximum absolute atomic E-state index is 4.10. The number of hydrogen-bond acceptors (Lipinski definition) is 1. The van der Waals surface area contributed by atoms with Gasteiger partial charge in [-0.1, -0.05) is 42.5 Å². The van der Waals surface area contributed by atoms with E-state index in [4.69, 9.17) is 0 Å². The van der Waals surface area contributed by atoms with Crippen LogP contribution in [-0.2, 0) is 0 Å². The molecule has 0 spiro atoms. The van der Waals surface area contributed by atoms with Crippen molar-refractivity contribution in [3.63, 3.8) is 0 Å². The SMILES string of the molecule is C=C1C[C@@H](C)N[C@@H](c2ccccc2)C1. The fourth-order valence-electron chi connectivity index (χ4n) is 2.17. The molecule has 1 aliphatic rings. The molecule has 14 heavy (non-hydrogen) atoms. The van der Waals surface area contributed by atoms with Crippen LogP contribution in [0.1, 0.15) is 31.4 Å². The van der Waals surface area contributed by atoms with E-state index in [2.05, 4.69) is 49.2 Å². The summed E-state index contributed by atoms with van der Waals surface area (Å²) in [6.07, 6.45) is 2.19. The van der Waals surface area contributed by atoms with E-state index in [-0.39, 0.29) is 0 Å². The van der Waals surface area contributed by atoms with Crippen molar-refractivity contribution in [1.29, 1.82) is 0 Å². The Bertz CT molecular complexity index is 315. The first-order valence-corrected chi connectivity index (χ1v) is 5.23. The lowest BCUT2D eigenvalue weighted by atomic mass is 9.91. The number of hydrogen-bond donors (Lipinski definition) is 1. The largest absolute Gasteiger partial charge is 0.307 e. The summed E-state index contributed by atoms with van der Waals surface area (Å²) < 4.78 is 0. The van der Waals surface area contributed by atoms with Gasteiger partial charge in [0.1, 0.15) is 0 Å². The average Bonchev–Trinajstić information content (AvgIpc) is 2.18. The molecule has 0 saturated carbocycles. The highest BCUT2D eigenvalue weighted by Crippen LogP contribution is 2.27. The summed E-state index contributed by atoms with van der Waals surface area (Å²) in [4.78, 5) is 0. The predicted octanol–water partition coefficient (Wildman–Crippen LogP) is 3.06. The molecular formula is C13H17N. The Labute approximate surface area is 85.8 Å². The molecule has 0 amide bonds. The third-order valence-electron chi connectivity index (χ3n) is 2.78. The zero-order chi connectivity index (χ0) is 9.97. The molecule has 2 atom stereocenters. The maximum Gasteiger partial charge on any atom is 0.0359 e. The van der Waals surface area contributed by atoms with E-state index in [0.29, 0.717) is 12.1 Å². The molecule has 1 N–H and O–H groups in total. The molecule has 0 bridgehead atoms. The van der Waals surface area contributed by atoms with Gasteiger partial charge in [0.25, 0.3) is 0 Å². The Kier molecular flexibility index (Phi) is 2.69. The van der Waals surface area contributed by atoms with Crippen molar-refractivity contribution in [2.24, 2.45) is 0 Å². The topological polar surface area (TPSA) is 12.0 Å². The molecule has 74 valence electrons. The van der Waals surface area contributed by atoms with Gasteiger partial charge in [-0.2, -0.15) is 0 Å². The molecule has 1 aromatic carbocycles. The van der Waals surface area contributed by atoms with Crippen molar-refractivity contribution in [3.05, 3.63) is 48.0 Å². The lowest BCUT2D eigenvalue weighted by Crippen LogP contribution is -2.35. The van der Waals surface area contributed by atoms with Gasteiger partial charge in [-0.25, -0.2) is 0 Å². The van der Waals surface area contributed by atoms with Gasteiger partial charge >= 0.3 is 0 Å².